The van der Waals surface area contributed by atoms with E-state index in [1.807, 2.05) is 24.3 Å². The van der Waals surface area contributed by atoms with Crippen molar-refractivity contribution in [2.24, 2.45) is 0 Å². The van der Waals surface area contributed by atoms with Crippen LogP contribution < -0.4 is 9.64 Å². The van der Waals surface area contributed by atoms with Gasteiger partial charge in [-0.1, -0.05) is 59.6 Å². The van der Waals surface area contributed by atoms with Crippen LogP contribution in [0.3, 0.4) is 0 Å². The van der Waals surface area contributed by atoms with E-state index in [4.69, 9.17) is 27.9 Å². The third-order valence-electron chi connectivity index (χ3n) is 6.11. The van der Waals surface area contributed by atoms with Gasteiger partial charge in [-0.2, -0.15) is 4.31 Å². The highest BCUT2D eigenvalue weighted by Gasteiger charge is 2.30. The van der Waals surface area contributed by atoms with Gasteiger partial charge in [-0.05, 0) is 42.0 Å². The number of amides is 1. The Morgan fingerprint density at radius 2 is 1.61 bits per heavy atom. The van der Waals surface area contributed by atoms with Gasteiger partial charge < -0.3 is 14.5 Å². The summed E-state index contributed by atoms with van der Waals surface area (Å²) in [5, 5.41) is 0.791. The standard InChI is InChI=1S/C26H27Cl2N3O4S/c1-35-25-10-6-5-9-24(25)29-13-15-30(16-14-29)26(32)19-31(18-20-11-12-21(27)17-23(20)28)36(33,34)22-7-3-2-4-8-22/h2-12,17H,13-16,18-19H2,1H3. The van der Waals surface area contributed by atoms with Gasteiger partial charge in [0.25, 0.3) is 0 Å². The van der Waals surface area contributed by atoms with Crippen LogP contribution in [0.4, 0.5) is 5.69 Å². The number of halogens is 2. The van der Waals surface area contributed by atoms with Gasteiger partial charge in [0.05, 0.1) is 24.2 Å². The van der Waals surface area contributed by atoms with Crippen LogP contribution in [0.2, 0.25) is 10.0 Å². The fraction of sp³-hybridized carbons (Fsp3) is 0.269. The minimum absolute atomic E-state index is 0.0554. The second-order valence-corrected chi connectivity index (χ2v) is 11.1. The molecule has 1 heterocycles. The lowest BCUT2D eigenvalue weighted by molar-refractivity contribution is -0.131. The summed E-state index contributed by atoms with van der Waals surface area (Å²) in [5.41, 5.74) is 1.53. The van der Waals surface area contributed by atoms with E-state index in [0.717, 1.165) is 11.4 Å². The Hall–Kier alpha value is -2.78. The molecule has 190 valence electrons. The Bertz CT molecular complexity index is 1310. The molecule has 1 aliphatic heterocycles. The van der Waals surface area contributed by atoms with Crippen molar-refractivity contribution < 1.29 is 17.9 Å². The van der Waals surface area contributed by atoms with Gasteiger partial charge in [-0.3, -0.25) is 4.79 Å². The van der Waals surface area contributed by atoms with Crippen molar-refractivity contribution >= 4 is 44.8 Å². The molecule has 0 spiro atoms. The molecule has 36 heavy (non-hydrogen) atoms. The molecule has 0 atom stereocenters. The Labute approximate surface area is 221 Å². The largest absolute Gasteiger partial charge is 0.495 e. The Morgan fingerprint density at radius 1 is 0.944 bits per heavy atom. The molecule has 0 N–H and O–H groups in total. The highest BCUT2D eigenvalue weighted by molar-refractivity contribution is 7.89. The van der Waals surface area contributed by atoms with Crippen molar-refractivity contribution in [1.29, 1.82) is 0 Å². The predicted molar refractivity (Wildman–Crippen MR) is 142 cm³/mol. The predicted octanol–water partition coefficient (Wildman–Crippen LogP) is 4.54. The smallest absolute Gasteiger partial charge is 0.243 e. The molecule has 1 saturated heterocycles. The van der Waals surface area contributed by atoms with Crippen molar-refractivity contribution in [2.45, 2.75) is 11.4 Å². The van der Waals surface area contributed by atoms with Crippen molar-refractivity contribution in [3.8, 4) is 5.75 Å². The molecule has 3 aromatic carbocycles. The number of carbonyl (C=O) groups is 1. The average Bonchev–Trinajstić information content (AvgIpc) is 2.90. The highest BCUT2D eigenvalue weighted by atomic mass is 35.5. The minimum atomic E-state index is -3.96. The number of sulfonamides is 1. The summed E-state index contributed by atoms with van der Waals surface area (Å²) in [6, 6.07) is 20.7. The number of carbonyl (C=O) groups excluding carboxylic acids is 1. The summed E-state index contributed by atoms with van der Waals surface area (Å²) in [6.45, 7) is 1.81. The zero-order valence-electron chi connectivity index (χ0n) is 19.8. The Balaban J connectivity index is 1.51. The highest BCUT2D eigenvalue weighted by Crippen LogP contribution is 2.29. The molecule has 7 nitrogen and oxygen atoms in total. The van der Waals surface area contributed by atoms with Crippen molar-refractivity contribution in [2.75, 3.05) is 44.7 Å². The third-order valence-corrected chi connectivity index (χ3v) is 8.51. The van der Waals surface area contributed by atoms with E-state index in [1.165, 1.54) is 16.4 Å². The minimum Gasteiger partial charge on any atom is -0.495 e. The summed E-state index contributed by atoms with van der Waals surface area (Å²) in [7, 11) is -2.32. The number of rotatable bonds is 8. The van der Waals surface area contributed by atoms with E-state index >= 15 is 0 Å². The number of nitrogens with zero attached hydrogens (tertiary/aromatic N) is 3. The maximum atomic E-state index is 13.5. The van der Waals surface area contributed by atoms with Crippen LogP contribution in [0.1, 0.15) is 5.56 Å². The van der Waals surface area contributed by atoms with Crippen LogP contribution >= 0.6 is 23.2 Å². The van der Waals surface area contributed by atoms with E-state index in [2.05, 4.69) is 4.90 Å². The topological polar surface area (TPSA) is 70.2 Å². The van der Waals surface area contributed by atoms with Crippen LogP contribution in [0, 0.1) is 0 Å². The summed E-state index contributed by atoms with van der Waals surface area (Å²) >= 11 is 12.3. The lowest BCUT2D eigenvalue weighted by Gasteiger charge is -2.37. The fourth-order valence-electron chi connectivity index (χ4n) is 4.15. The molecule has 1 aliphatic rings. The first-order valence-corrected chi connectivity index (χ1v) is 13.6. The van der Waals surface area contributed by atoms with Gasteiger partial charge >= 0.3 is 0 Å². The number of piperazine rings is 1. The molecule has 0 bridgehead atoms. The zero-order chi connectivity index (χ0) is 25.7. The lowest BCUT2D eigenvalue weighted by Crippen LogP contribution is -2.51. The maximum Gasteiger partial charge on any atom is 0.243 e. The molecule has 0 saturated carbocycles. The maximum absolute atomic E-state index is 13.5. The molecular formula is C26H27Cl2N3O4S. The SMILES string of the molecule is COc1ccccc1N1CCN(C(=O)CN(Cc2ccc(Cl)cc2Cl)S(=O)(=O)c2ccccc2)CC1. The third kappa shape index (κ3) is 5.95. The van der Waals surface area contributed by atoms with E-state index in [-0.39, 0.29) is 23.9 Å². The average molecular weight is 548 g/mol. The van der Waals surface area contributed by atoms with Gasteiger partial charge in [-0.15, -0.1) is 0 Å². The van der Waals surface area contributed by atoms with E-state index in [0.29, 0.717) is 41.8 Å². The summed E-state index contributed by atoms with van der Waals surface area (Å²) in [5.74, 6) is 0.511. The molecule has 0 aliphatic carbocycles. The first-order valence-electron chi connectivity index (χ1n) is 11.4. The first-order chi connectivity index (χ1) is 17.3. The second kappa shape index (κ2) is 11.5. The van der Waals surface area contributed by atoms with Crippen molar-refractivity contribution in [3.63, 3.8) is 0 Å². The van der Waals surface area contributed by atoms with Crippen molar-refractivity contribution in [1.82, 2.24) is 9.21 Å². The number of benzene rings is 3. The second-order valence-electron chi connectivity index (χ2n) is 8.36. The molecule has 0 aromatic heterocycles. The zero-order valence-corrected chi connectivity index (χ0v) is 22.1. The Morgan fingerprint density at radius 3 is 2.28 bits per heavy atom. The number of anilines is 1. The molecule has 1 fully saturated rings. The van der Waals surface area contributed by atoms with Gasteiger partial charge in [0.1, 0.15) is 5.75 Å². The van der Waals surface area contributed by atoms with Gasteiger partial charge in [-0.25, -0.2) is 8.42 Å². The van der Waals surface area contributed by atoms with Gasteiger partial charge in [0, 0.05) is 42.8 Å². The monoisotopic (exact) mass is 547 g/mol. The van der Waals surface area contributed by atoms with Gasteiger partial charge in [0.15, 0.2) is 0 Å². The van der Waals surface area contributed by atoms with Crippen LogP contribution in [0.25, 0.3) is 0 Å². The van der Waals surface area contributed by atoms with Crippen LogP contribution in [-0.4, -0.2) is 63.4 Å². The number of hydrogen-bond donors (Lipinski definition) is 0. The molecule has 3 aromatic rings. The molecule has 4 rings (SSSR count). The number of para-hydroxylation sites is 2. The summed E-state index contributed by atoms with van der Waals surface area (Å²) < 4.78 is 33.6. The lowest BCUT2D eigenvalue weighted by atomic mass is 10.2. The molecule has 0 radical (unpaired) electrons. The first kappa shape index (κ1) is 26.3. The van der Waals surface area contributed by atoms with Crippen molar-refractivity contribution in [3.05, 3.63) is 88.4 Å². The van der Waals surface area contributed by atoms with Crippen LogP contribution in [0.15, 0.2) is 77.7 Å². The molecule has 10 heteroatoms. The van der Waals surface area contributed by atoms with E-state index < -0.39 is 10.0 Å². The van der Waals surface area contributed by atoms with Gasteiger partial charge in [0.2, 0.25) is 15.9 Å². The molecule has 1 amide bonds. The number of ether oxygens (including phenoxy) is 1. The van der Waals surface area contributed by atoms with Crippen LogP contribution in [0.5, 0.6) is 5.75 Å². The van der Waals surface area contributed by atoms with E-state index in [9.17, 15) is 13.2 Å². The summed E-state index contributed by atoms with van der Waals surface area (Å²) in [4.78, 5) is 17.3. The normalized spacial score (nSPS) is 14.2. The Kier molecular flexibility index (Phi) is 8.41. The molecular weight excluding hydrogens is 521 g/mol. The fourth-order valence-corrected chi connectivity index (χ4v) is 6.00. The molecule has 0 unspecified atom stereocenters. The number of hydrogen-bond acceptors (Lipinski definition) is 5. The van der Waals surface area contributed by atoms with E-state index in [1.54, 1.807) is 48.4 Å². The quantitative estimate of drug-likeness (QED) is 0.414. The summed E-state index contributed by atoms with van der Waals surface area (Å²) in [6.07, 6.45) is 0. The van der Waals surface area contributed by atoms with Crippen LogP contribution in [-0.2, 0) is 21.4 Å². The number of methoxy groups -OCH3 is 1.